The average Bonchev–Trinajstić information content (AvgIpc) is 2.85. The second-order valence-corrected chi connectivity index (χ2v) is 4.74. The number of ether oxygens (including phenoxy) is 1. The highest BCUT2D eigenvalue weighted by atomic mass is 35.5. The first-order valence-electron chi connectivity index (χ1n) is 5.83. The number of hydrogen-bond acceptors (Lipinski definition) is 4. The van der Waals surface area contributed by atoms with Gasteiger partial charge in [0.25, 0.3) is 0 Å². The molecule has 5 nitrogen and oxygen atoms in total. The molecule has 0 radical (unpaired) electrons. The lowest BCUT2D eigenvalue weighted by atomic mass is 10.3. The number of fused-ring (bicyclic) bond motifs is 1. The second kappa shape index (κ2) is 5.26. The molecule has 2 heterocycles. The smallest absolute Gasteiger partial charge is 0.245 e. The Balaban J connectivity index is 2.34. The number of alkyl halides is 1. The van der Waals surface area contributed by atoms with Gasteiger partial charge in [-0.25, -0.2) is 9.97 Å². The SMILES string of the molecule is COc1ncnc2c1nc(CCl)n2-c1cccc(Cl)c1. The van der Waals surface area contributed by atoms with Crippen LogP contribution in [0.2, 0.25) is 5.02 Å². The molecule has 0 unspecified atom stereocenters. The van der Waals surface area contributed by atoms with Crippen LogP contribution in [-0.4, -0.2) is 26.6 Å². The third-order valence-corrected chi connectivity index (χ3v) is 3.33. The molecule has 0 aliphatic rings. The van der Waals surface area contributed by atoms with Crippen LogP contribution in [0.15, 0.2) is 30.6 Å². The summed E-state index contributed by atoms with van der Waals surface area (Å²) in [6, 6.07) is 7.41. The van der Waals surface area contributed by atoms with Gasteiger partial charge in [0.15, 0.2) is 11.2 Å². The Hall–Kier alpha value is -1.85. The summed E-state index contributed by atoms with van der Waals surface area (Å²) in [6.45, 7) is 0. The maximum Gasteiger partial charge on any atom is 0.245 e. The lowest BCUT2D eigenvalue weighted by Crippen LogP contribution is -2.00. The molecule has 3 rings (SSSR count). The minimum Gasteiger partial charge on any atom is -0.479 e. The third-order valence-electron chi connectivity index (χ3n) is 2.86. The van der Waals surface area contributed by atoms with E-state index in [-0.39, 0.29) is 5.88 Å². The van der Waals surface area contributed by atoms with Gasteiger partial charge < -0.3 is 4.74 Å². The summed E-state index contributed by atoms with van der Waals surface area (Å²) in [4.78, 5) is 12.8. The minimum atomic E-state index is 0.242. The molecule has 0 saturated carbocycles. The van der Waals surface area contributed by atoms with Crippen LogP contribution in [0.3, 0.4) is 0 Å². The second-order valence-electron chi connectivity index (χ2n) is 4.03. The van der Waals surface area contributed by atoms with E-state index in [1.165, 1.54) is 6.33 Å². The van der Waals surface area contributed by atoms with E-state index in [0.717, 1.165) is 5.69 Å². The molecule has 0 atom stereocenters. The molecule has 0 N–H and O–H groups in total. The third kappa shape index (κ3) is 2.09. The zero-order valence-electron chi connectivity index (χ0n) is 10.5. The van der Waals surface area contributed by atoms with Crippen molar-refractivity contribution in [3.63, 3.8) is 0 Å². The number of benzene rings is 1. The van der Waals surface area contributed by atoms with Gasteiger partial charge in [-0.05, 0) is 18.2 Å². The van der Waals surface area contributed by atoms with Crippen LogP contribution in [-0.2, 0) is 5.88 Å². The van der Waals surface area contributed by atoms with Crippen LogP contribution in [0.5, 0.6) is 5.88 Å². The van der Waals surface area contributed by atoms with Crippen molar-refractivity contribution in [2.75, 3.05) is 7.11 Å². The molecular formula is C13H10Cl2N4O. The maximum atomic E-state index is 6.04. The Morgan fingerprint density at radius 1 is 1.30 bits per heavy atom. The molecule has 0 spiro atoms. The summed E-state index contributed by atoms with van der Waals surface area (Å²) in [5, 5.41) is 0.630. The van der Waals surface area contributed by atoms with E-state index in [9.17, 15) is 0 Å². The Bertz CT molecular complexity index is 772. The summed E-state index contributed by atoms with van der Waals surface area (Å²) in [7, 11) is 1.54. The summed E-state index contributed by atoms with van der Waals surface area (Å²) in [5.74, 6) is 1.32. The summed E-state index contributed by atoms with van der Waals surface area (Å²) in [6.07, 6.45) is 1.43. The molecule has 3 aromatic rings. The first kappa shape index (κ1) is 13.1. The maximum absolute atomic E-state index is 6.04. The first-order valence-corrected chi connectivity index (χ1v) is 6.74. The van der Waals surface area contributed by atoms with Gasteiger partial charge in [0.1, 0.15) is 12.2 Å². The normalized spacial score (nSPS) is 10.9. The number of rotatable bonds is 3. The van der Waals surface area contributed by atoms with Crippen LogP contribution >= 0.6 is 23.2 Å². The van der Waals surface area contributed by atoms with Crippen LogP contribution in [0.1, 0.15) is 5.82 Å². The predicted octanol–water partition coefficient (Wildman–Crippen LogP) is 3.22. The largest absolute Gasteiger partial charge is 0.479 e. The molecule has 102 valence electrons. The molecule has 0 amide bonds. The number of imidazole rings is 1. The molecule has 0 saturated heterocycles. The molecule has 7 heteroatoms. The molecule has 0 fully saturated rings. The van der Waals surface area contributed by atoms with Crippen LogP contribution in [0.4, 0.5) is 0 Å². The zero-order chi connectivity index (χ0) is 14.1. The molecule has 1 aromatic carbocycles. The van der Waals surface area contributed by atoms with Gasteiger partial charge >= 0.3 is 0 Å². The quantitative estimate of drug-likeness (QED) is 0.697. The monoisotopic (exact) mass is 308 g/mol. The highest BCUT2D eigenvalue weighted by Crippen LogP contribution is 2.26. The van der Waals surface area contributed by atoms with E-state index in [1.807, 2.05) is 22.8 Å². The standard InChI is InChI=1S/C13H10Cl2N4O/c1-20-13-11-12(16-7-17-13)19(10(6-14)18-11)9-4-2-3-8(15)5-9/h2-5,7H,6H2,1H3. The van der Waals surface area contributed by atoms with Gasteiger partial charge in [-0.1, -0.05) is 17.7 Å². The van der Waals surface area contributed by atoms with Gasteiger partial charge in [0.2, 0.25) is 5.88 Å². The number of hydrogen-bond donors (Lipinski definition) is 0. The van der Waals surface area contributed by atoms with E-state index in [0.29, 0.717) is 27.9 Å². The lowest BCUT2D eigenvalue weighted by molar-refractivity contribution is 0.401. The highest BCUT2D eigenvalue weighted by molar-refractivity contribution is 6.30. The average molecular weight is 309 g/mol. The van der Waals surface area contributed by atoms with Crippen molar-refractivity contribution in [2.45, 2.75) is 5.88 Å². The highest BCUT2D eigenvalue weighted by Gasteiger charge is 2.17. The van der Waals surface area contributed by atoms with Crippen molar-refractivity contribution >= 4 is 34.4 Å². The Morgan fingerprint density at radius 2 is 2.15 bits per heavy atom. The summed E-state index contributed by atoms with van der Waals surface area (Å²) >= 11 is 12.0. The Labute approximate surface area is 125 Å². The van der Waals surface area contributed by atoms with Crippen LogP contribution < -0.4 is 4.74 Å². The Kier molecular flexibility index (Phi) is 3.46. The van der Waals surface area contributed by atoms with E-state index in [4.69, 9.17) is 27.9 Å². The van der Waals surface area contributed by atoms with Crippen molar-refractivity contribution in [3.05, 3.63) is 41.4 Å². The van der Waals surface area contributed by atoms with Crippen molar-refractivity contribution in [3.8, 4) is 11.6 Å². The minimum absolute atomic E-state index is 0.242. The van der Waals surface area contributed by atoms with Crippen LogP contribution in [0.25, 0.3) is 16.9 Å². The predicted molar refractivity (Wildman–Crippen MR) is 77.8 cm³/mol. The summed E-state index contributed by atoms with van der Waals surface area (Å²) in [5.41, 5.74) is 2.05. The van der Waals surface area contributed by atoms with E-state index < -0.39 is 0 Å². The number of aromatic nitrogens is 4. The number of nitrogens with zero attached hydrogens (tertiary/aromatic N) is 4. The van der Waals surface area contributed by atoms with Gasteiger partial charge in [0, 0.05) is 5.02 Å². The number of methoxy groups -OCH3 is 1. The van der Waals surface area contributed by atoms with Gasteiger partial charge in [-0.3, -0.25) is 4.57 Å². The van der Waals surface area contributed by atoms with Crippen molar-refractivity contribution in [1.82, 2.24) is 19.5 Å². The fourth-order valence-electron chi connectivity index (χ4n) is 2.04. The molecule has 2 aromatic heterocycles. The number of halogens is 2. The molecule has 20 heavy (non-hydrogen) atoms. The topological polar surface area (TPSA) is 52.8 Å². The fraction of sp³-hybridized carbons (Fsp3) is 0.154. The zero-order valence-corrected chi connectivity index (χ0v) is 12.1. The van der Waals surface area contributed by atoms with E-state index in [1.54, 1.807) is 13.2 Å². The van der Waals surface area contributed by atoms with Gasteiger partial charge in [0.05, 0.1) is 18.7 Å². The van der Waals surface area contributed by atoms with Crippen molar-refractivity contribution in [1.29, 1.82) is 0 Å². The molecule has 0 bridgehead atoms. The van der Waals surface area contributed by atoms with Crippen LogP contribution in [0, 0.1) is 0 Å². The van der Waals surface area contributed by atoms with E-state index >= 15 is 0 Å². The summed E-state index contributed by atoms with van der Waals surface area (Å²) < 4.78 is 7.05. The van der Waals surface area contributed by atoms with Crippen molar-refractivity contribution in [2.24, 2.45) is 0 Å². The first-order chi connectivity index (χ1) is 9.74. The van der Waals surface area contributed by atoms with E-state index in [2.05, 4.69) is 15.0 Å². The molecule has 0 aliphatic heterocycles. The van der Waals surface area contributed by atoms with Gasteiger partial charge in [-0.2, -0.15) is 4.98 Å². The fourth-order valence-corrected chi connectivity index (χ4v) is 2.41. The van der Waals surface area contributed by atoms with Gasteiger partial charge in [-0.15, -0.1) is 11.6 Å². The van der Waals surface area contributed by atoms with Crippen molar-refractivity contribution < 1.29 is 4.74 Å². The molecular weight excluding hydrogens is 299 g/mol. The Morgan fingerprint density at radius 3 is 2.85 bits per heavy atom. The molecule has 0 aliphatic carbocycles. The lowest BCUT2D eigenvalue weighted by Gasteiger charge is -2.07.